The average molecular weight is 326 g/mol. The molecule has 0 spiro atoms. The Balaban J connectivity index is 2.19. The molecule has 0 aromatic heterocycles. The second-order valence-electron chi connectivity index (χ2n) is 4.53. The topological polar surface area (TPSA) is 12.0 Å². The molecule has 2 rings (SSSR count). The van der Waals surface area contributed by atoms with Gasteiger partial charge in [0.15, 0.2) is 0 Å². The molecule has 4 heteroatoms. The molecule has 2 aromatic carbocycles. The number of rotatable bonds is 3. The van der Waals surface area contributed by atoms with Gasteiger partial charge in [-0.2, -0.15) is 0 Å². The molecule has 19 heavy (non-hydrogen) atoms. The molecule has 0 aliphatic heterocycles. The Bertz CT molecular complexity index is 611. The van der Waals surface area contributed by atoms with Gasteiger partial charge in [0.2, 0.25) is 0 Å². The molecule has 0 radical (unpaired) electrons. The minimum atomic E-state index is -0.482. The van der Waals surface area contributed by atoms with Crippen LogP contribution < -0.4 is 5.32 Å². The molecular weight excluding hydrogens is 312 g/mol. The van der Waals surface area contributed by atoms with Crippen molar-refractivity contribution in [3.8, 4) is 0 Å². The summed E-state index contributed by atoms with van der Waals surface area (Å²) < 4.78 is 27.2. The smallest absolute Gasteiger partial charge is 0.147 e. The Morgan fingerprint density at radius 2 is 1.79 bits per heavy atom. The zero-order valence-corrected chi connectivity index (χ0v) is 12.3. The number of nitrogens with one attached hydrogen (secondary N) is 1. The maximum absolute atomic E-state index is 13.7. The molecule has 0 amide bonds. The summed E-state index contributed by atoms with van der Waals surface area (Å²) in [6, 6.07) is 8.37. The first-order valence-corrected chi connectivity index (χ1v) is 6.71. The van der Waals surface area contributed by atoms with Crippen LogP contribution in [0, 0.1) is 25.5 Å². The lowest BCUT2D eigenvalue weighted by atomic mass is 10.1. The SMILES string of the molecule is Cc1ccc(C)c(CNc2cc(F)c(Br)cc2F)c1. The van der Waals surface area contributed by atoms with Gasteiger partial charge in [-0.1, -0.05) is 23.8 Å². The van der Waals surface area contributed by atoms with E-state index in [4.69, 9.17) is 0 Å². The van der Waals surface area contributed by atoms with E-state index in [1.807, 2.05) is 32.0 Å². The van der Waals surface area contributed by atoms with Crippen LogP contribution in [0.1, 0.15) is 16.7 Å². The summed E-state index contributed by atoms with van der Waals surface area (Å²) in [4.78, 5) is 0. The van der Waals surface area contributed by atoms with E-state index in [0.717, 1.165) is 28.8 Å². The largest absolute Gasteiger partial charge is 0.379 e. The Labute approximate surface area is 119 Å². The Kier molecular flexibility index (Phi) is 4.20. The van der Waals surface area contributed by atoms with Gasteiger partial charge in [-0.25, -0.2) is 8.78 Å². The highest BCUT2D eigenvalue weighted by Gasteiger charge is 2.08. The van der Waals surface area contributed by atoms with Crippen molar-refractivity contribution in [2.24, 2.45) is 0 Å². The third-order valence-electron chi connectivity index (χ3n) is 2.98. The number of halogens is 3. The fourth-order valence-corrected chi connectivity index (χ4v) is 2.15. The molecule has 0 heterocycles. The fraction of sp³-hybridized carbons (Fsp3) is 0.200. The van der Waals surface area contributed by atoms with Crippen LogP contribution in [0.15, 0.2) is 34.8 Å². The predicted molar refractivity (Wildman–Crippen MR) is 77.3 cm³/mol. The first-order chi connectivity index (χ1) is 8.97. The zero-order chi connectivity index (χ0) is 14.0. The van der Waals surface area contributed by atoms with Gasteiger partial charge in [-0.05, 0) is 47.0 Å². The Morgan fingerprint density at radius 3 is 2.53 bits per heavy atom. The van der Waals surface area contributed by atoms with Crippen molar-refractivity contribution in [2.45, 2.75) is 20.4 Å². The van der Waals surface area contributed by atoms with Crippen LogP contribution in [0.4, 0.5) is 14.5 Å². The summed E-state index contributed by atoms with van der Waals surface area (Å²) in [5.41, 5.74) is 3.50. The van der Waals surface area contributed by atoms with E-state index in [-0.39, 0.29) is 10.2 Å². The molecule has 0 bridgehead atoms. The predicted octanol–water partition coefficient (Wildman–Crippen LogP) is 4.96. The van der Waals surface area contributed by atoms with Crippen LogP contribution in [-0.2, 0) is 6.54 Å². The molecule has 100 valence electrons. The summed E-state index contributed by atoms with van der Waals surface area (Å²) in [6.45, 7) is 4.46. The lowest BCUT2D eigenvalue weighted by molar-refractivity contribution is 0.596. The fourth-order valence-electron chi connectivity index (χ4n) is 1.84. The lowest BCUT2D eigenvalue weighted by Crippen LogP contribution is -2.04. The van der Waals surface area contributed by atoms with Gasteiger partial charge in [0.25, 0.3) is 0 Å². The molecule has 1 nitrogen and oxygen atoms in total. The maximum atomic E-state index is 13.7. The van der Waals surface area contributed by atoms with Gasteiger partial charge in [0.05, 0.1) is 10.2 Å². The second-order valence-corrected chi connectivity index (χ2v) is 5.38. The third kappa shape index (κ3) is 3.32. The van der Waals surface area contributed by atoms with Gasteiger partial charge in [-0.15, -0.1) is 0 Å². The van der Waals surface area contributed by atoms with Crippen LogP contribution in [-0.4, -0.2) is 0 Å². The molecule has 0 atom stereocenters. The quantitative estimate of drug-likeness (QED) is 0.787. The van der Waals surface area contributed by atoms with E-state index < -0.39 is 11.6 Å². The monoisotopic (exact) mass is 325 g/mol. The molecule has 0 fully saturated rings. The summed E-state index contributed by atoms with van der Waals surface area (Å²) in [6.07, 6.45) is 0. The first-order valence-electron chi connectivity index (χ1n) is 5.92. The van der Waals surface area contributed by atoms with E-state index >= 15 is 0 Å². The van der Waals surface area contributed by atoms with E-state index in [9.17, 15) is 8.78 Å². The minimum Gasteiger partial charge on any atom is -0.379 e. The molecule has 2 aromatic rings. The second kappa shape index (κ2) is 5.70. The zero-order valence-electron chi connectivity index (χ0n) is 10.7. The van der Waals surface area contributed by atoms with Crippen molar-refractivity contribution in [3.05, 3.63) is 63.1 Å². The van der Waals surface area contributed by atoms with Gasteiger partial charge in [0, 0.05) is 12.6 Å². The Morgan fingerprint density at radius 1 is 1.05 bits per heavy atom. The number of anilines is 1. The van der Waals surface area contributed by atoms with Gasteiger partial charge in [-0.3, -0.25) is 0 Å². The highest BCUT2D eigenvalue weighted by Crippen LogP contribution is 2.24. The van der Waals surface area contributed by atoms with E-state index in [1.54, 1.807) is 0 Å². The average Bonchev–Trinajstić information content (AvgIpc) is 2.36. The molecule has 0 aliphatic rings. The van der Waals surface area contributed by atoms with E-state index in [1.165, 1.54) is 0 Å². The van der Waals surface area contributed by atoms with Crippen molar-refractivity contribution < 1.29 is 8.78 Å². The maximum Gasteiger partial charge on any atom is 0.147 e. The molecule has 1 N–H and O–H groups in total. The molecular formula is C15H14BrF2N. The van der Waals surface area contributed by atoms with Crippen molar-refractivity contribution >= 4 is 21.6 Å². The minimum absolute atomic E-state index is 0.127. The Hall–Kier alpha value is -1.42. The molecule has 0 saturated carbocycles. The third-order valence-corrected chi connectivity index (χ3v) is 3.59. The summed E-state index contributed by atoms with van der Waals surface area (Å²) in [7, 11) is 0. The number of aryl methyl sites for hydroxylation is 2. The molecule has 0 unspecified atom stereocenters. The number of hydrogen-bond acceptors (Lipinski definition) is 1. The number of benzene rings is 2. The van der Waals surface area contributed by atoms with Crippen molar-refractivity contribution in [3.63, 3.8) is 0 Å². The van der Waals surface area contributed by atoms with Gasteiger partial charge in [0.1, 0.15) is 11.6 Å². The summed E-state index contributed by atoms with van der Waals surface area (Å²) in [5, 5.41) is 2.93. The van der Waals surface area contributed by atoms with Crippen LogP contribution in [0.2, 0.25) is 0 Å². The first kappa shape index (κ1) is 14.0. The van der Waals surface area contributed by atoms with Gasteiger partial charge >= 0.3 is 0 Å². The van der Waals surface area contributed by atoms with Crippen LogP contribution in [0.3, 0.4) is 0 Å². The van der Waals surface area contributed by atoms with Crippen molar-refractivity contribution in [1.82, 2.24) is 0 Å². The van der Waals surface area contributed by atoms with E-state index in [2.05, 4.69) is 21.2 Å². The summed E-state index contributed by atoms with van der Waals surface area (Å²) in [5.74, 6) is -0.955. The standard InChI is InChI=1S/C15H14BrF2N/c1-9-3-4-10(2)11(5-9)8-19-15-7-13(17)12(16)6-14(15)18/h3-7,19H,8H2,1-2H3. The van der Waals surface area contributed by atoms with Crippen LogP contribution in [0.5, 0.6) is 0 Å². The highest BCUT2D eigenvalue weighted by atomic mass is 79.9. The number of hydrogen-bond donors (Lipinski definition) is 1. The van der Waals surface area contributed by atoms with Crippen LogP contribution >= 0.6 is 15.9 Å². The van der Waals surface area contributed by atoms with Crippen molar-refractivity contribution in [1.29, 1.82) is 0 Å². The lowest BCUT2D eigenvalue weighted by Gasteiger charge is -2.11. The van der Waals surface area contributed by atoms with E-state index in [0.29, 0.717) is 6.54 Å². The van der Waals surface area contributed by atoms with Gasteiger partial charge < -0.3 is 5.32 Å². The molecule has 0 aliphatic carbocycles. The summed E-state index contributed by atoms with van der Waals surface area (Å²) >= 11 is 2.95. The van der Waals surface area contributed by atoms with Crippen molar-refractivity contribution in [2.75, 3.05) is 5.32 Å². The van der Waals surface area contributed by atoms with Crippen LogP contribution in [0.25, 0.3) is 0 Å². The highest BCUT2D eigenvalue weighted by molar-refractivity contribution is 9.10. The molecule has 0 saturated heterocycles. The normalized spacial score (nSPS) is 10.6.